The monoisotopic (exact) mass is 319 g/mol. The molecule has 1 amide bonds. The minimum Gasteiger partial charge on any atom is -0.322 e. The third-order valence-corrected chi connectivity index (χ3v) is 3.67. The van der Waals surface area contributed by atoms with Crippen LogP contribution in [0, 0.1) is 0 Å². The van der Waals surface area contributed by atoms with E-state index in [0.29, 0.717) is 22.3 Å². The predicted octanol–water partition coefficient (Wildman–Crippen LogP) is 2.29. The molecule has 0 unspecified atom stereocenters. The van der Waals surface area contributed by atoms with Crippen LogP contribution in [0.15, 0.2) is 65.7 Å². The highest BCUT2D eigenvalue weighted by Crippen LogP contribution is 2.16. The molecule has 0 aliphatic rings. The van der Waals surface area contributed by atoms with E-state index in [0.717, 1.165) is 5.69 Å². The number of nitrogens with one attached hydrogen (secondary N) is 3. The van der Waals surface area contributed by atoms with Gasteiger partial charge < -0.3 is 15.3 Å². The molecule has 0 aliphatic heterocycles. The topological polar surface area (TPSA) is 95.6 Å². The van der Waals surface area contributed by atoms with Gasteiger partial charge in [0, 0.05) is 23.6 Å². The molecule has 7 heteroatoms. The molecule has 2 heterocycles. The van der Waals surface area contributed by atoms with Crippen molar-refractivity contribution >= 4 is 22.6 Å². The molecule has 0 saturated heterocycles. The van der Waals surface area contributed by atoms with E-state index in [1.165, 1.54) is 0 Å². The van der Waals surface area contributed by atoms with E-state index in [9.17, 15) is 9.59 Å². The van der Waals surface area contributed by atoms with Crippen LogP contribution >= 0.6 is 0 Å². The summed E-state index contributed by atoms with van der Waals surface area (Å²) in [6, 6.07) is 14.2. The lowest BCUT2D eigenvalue weighted by atomic mass is 10.2. The van der Waals surface area contributed by atoms with Gasteiger partial charge in [0.1, 0.15) is 0 Å². The molecular weight excluding hydrogens is 306 g/mol. The third-order valence-electron chi connectivity index (χ3n) is 3.67. The van der Waals surface area contributed by atoms with Crippen LogP contribution in [0.4, 0.5) is 5.69 Å². The van der Waals surface area contributed by atoms with Gasteiger partial charge in [-0.25, -0.2) is 9.48 Å². The Labute approximate surface area is 136 Å². The van der Waals surface area contributed by atoms with Crippen molar-refractivity contribution in [3.8, 4) is 5.69 Å². The van der Waals surface area contributed by atoms with Gasteiger partial charge in [-0.1, -0.05) is 0 Å². The van der Waals surface area contributed by atoms with Gasteiger partial charge in [-0.3, -0.25) is 4.79 Å². The van der Waals surface area contributed by atoms with Crippen molar-refractivity contribution in [1.29, 1.82) is 0 Å². The highest BCUT2D eigenvalue weighted by Gasteiger charge is 2.08. The zero-order valence-electron chi connectivity index (χ0n) is 12.5. The Morgan fingerprint density at radius 1 is 1.04 bits per heavy atom. The summed E-state index contributed by atoms with van der Waals surface area (Å²) in [5, 5.41) is 6.96. The third kappa shape index (κ3) is 2.58. The lowest BCUT2D eigenvalue weighted by molar-refractivity contribution is 0.102. The highest BCUT2D eigenvalue weighted by molar-refractivity contribution is 6.05. The Bertz CT molecular complexity index is 1060. The Morgan fingerprint density at radius 2 is 1.83 bits per heavy atom. The Hall–Kier alpha value is -3.61. The van der Waals surface area contributed by atoms with Crippen molar-refractivity contribution in [1.82, 2.24) is 19.7 Å². The number of fused-ring (bicyclic) bond motifs is 1. The van der Waals surface area contributed by atoms with Crippen LogP contribution in [0.25, 0.3) is 16.7 Å². The number of H-pyrrole nitrogens is 2. The molecule has 3 N–H and O–H groups in total. The van der Waals surface area contributed by atoms with Gasteiger partial charge >= 0.3 is 5.69 Å². The SMILES string of the molecule is O=C(Nc1ccc2[nH]c(=O)[nH]c2c1)c1ccc(-n2cccn2)cc1. The van der Waals surface area contributed by atoms with E-state index in [4.69, 9.17) is 0 Å². The fraction of sp³-hybridized carbons (Fsp3) is 0. The number of hydrogen-bond acceptors (Lipinski definition) is 3. The molecule has 0 bridgehead atoms. The van der Waals surface area contributed by atoms with Crippen molar-refractivity contribution in [3.05, 3.63) is 77.0 Å². The normalized spacial score (nSPS) is 10.8. The Kier molecular flexibility index (Phi) is 3.24. The maximum atomic E-state index is 12.3. The summed E-state index contributed by atoms with van der Waals surface area (Å²) in [5.74, 6) is -0.223. The highest BCUT2D eigenvalue weighted by atomic mass is 16.2. The van der Waals surface area contributed by atoms with Crippen molar-refractivity contribution in [2.45, 2.75) is 0 Å². The summed E-state index contributed by atoms with van der Waals surface area (Å²) < 4.78 is 1.72. The molecule has 0 radical (unpaired) electrons. The minimum atomic E-state index is -0.275. The van der Waals surface area contributed by atoms with Crippen molar-refractivity contribution < 1.29 is 4.79 Å². The summed E-state index contributed by atoms with van der Waals surface area (Å²) in [6.07, 6.45) is 3.53. The molecule has 0 fully saturated rings. The summed E-state index contributed by atoms with van der Waals surface area (Å²) in [4.78, 5) is 28.9. The number of hydrogen-bond donors (Lipinski definition) is 3. The molecule has 24 heavy (non-hydrogen) atoms. The van der Waals surface area contributed by atoms with Crippen LogP contribution in [-0.2, 0) is 0 Å². The van der Waals surface area contributed by atoms with Crippen LogP contribution < -0.4 is 11.0 Å². The van der Waals surface area contributed by atoms with Crippen LogP contribution in [0.3, 0.4) is 0 Å². The quantitative estimate of drug-likeness (QED) is 0.540. The van der Waals surface area contributed by atoms with Gasteiger partial charge in [0.15, 0.2) is 0 Å². The number of carbonyl (C=O) groups is 1. The van der Waals surface area contributed by atoms with E-state index < -0.39 is 0 Å². The second-order valence-corrected chi connectivity index (χ2v) is 5.29. The second kappa shape index (κ2) is 5.54. The average molecular weight is 319 g/mol. The molecule has 4 aromatic rings. The van der Waals surface area contributed by atoms with E-state index in [-0.39, 0.29) is 11.6 Å². The number of anilines is 1. The summed E-state index contributed by atoms with van der Waals surface area (Å²) in [5.41, 5.74) is 3.09. The number of amides is 1. The lowest BCUT2D eigenvalue weighted by Gasteiger charge is -2.06. The second-order valence-electron chi connectivity index (χ2n) is 5.29. The number of carbonyl (C=O) groups excluding carboxylic acids is 1. The fourth-order valence-electron chi connectivity index (χ4n) is 2.50. The fourth-order valence-corrected chi connectivity index (χ4v) is 2.50. The van der Waals surface area contributed by atoms with E-state index in [2.05, 4.69) is 20.4 Å². The van der Waals surface area contributed by atoms with Crippen LogP contribution in [0.5, 0.6) is 0 Å². The first-order chi connectivity index (χ1) is 11.7. The number of benzene rings is 2. The zero-order valence-corrected chi connectivity index (χ0v) is 12.5. The van der Waals surface area contributed by atoms with Crippen LogP contribution in [-0.4, -0.2) is 25.7 Å². The van der Waals surface area contributed by atoms with E-state index in [1.807, 2.05) is 24.4 Å². The molecule has 2 aromatic carbocycles. The van der Waals surface area contributed by atoms with Gasteiger partial charge in [-0.2, -0.15) is 5.10 Å². The lowest BCUT2D eigenvalue weighted by Crippen LogP contribution is -2.11. The van der Waals surface area contributed by atoms with Gasteiger partial charge in [0.2, 0.25) is 0 Å². The maximum Gasteiger partial charge on any atom is 0.323 e. The van der Waals surface area contributed by atoms with E-state index >= 15 is 0 Å². The Morgan fingerprint density at radius 3 is 2.58 bits per heavy atom. The van der Waals surface area contributed by atoms with Gasteiger partial charge in [0.25, 0.3) is 5.91 Å². The van der Waals surface area contributed by atoms with Crippen molar-refractivity contribution in [2.75, 3.05) is 5.32 Å². The average Bonchev–Trinajstić information content (AvgIpc) is 3.23. The molecule has 0 saturated carbocycles. The van der Waals surface area contributed by atoms with Gasteiger partial charge in [0.05, 0.1) is 16.7 Å². The van der Waals surface area contributed by atoms with Gasteiger partial charge in [-0.05, 0) is 48.5 Å². The van der Waals surface area contributed by atoms with Crippen molar-refractivity contribution in [3.63, 3.8) is 0 Å². The largest absolute Gasteiger partial charge is 0.323 e. The molecular formula is C17H13N5O2. The molecule has 2 aromatic heterocycles. The maximum absolute atomic E-state index is 12.3. The minimum absolute atomic E-state index is 0.223. The predicted molar refractivity (Wildman–Crippen MR) is 90.4 cm³/mol. The van der Waals surface area contributed by atoms with Gasteiger partial charge in [-0.15, -0.1) is 0 Å². The summed E-state index contributed by atoms with van der Waals surface area (Å²) >= 11 is 0. The zero-order chi connectivity index (χ0) is 16.5. The molecule has 7 nitrogen and oxygen atoms in total. The molecule has 0 spiro atoms. The standard InChI is InChI=1S/C17H13N5O2/c23-16(11-2-5-13(6-3-11)22-9-1-8-18-22)19-12-4-7-14-15(10-12)21-17(24)20-14/h1-10H,(H,19,23)(H2,20,21,24). The number of aromatic nitrogens is 4. The number of rotatable bonds is 3. The smallest absolute Gasteiger partial charge is 0.322 e. The number of nitrogens with zero attached hydrogens (tertiary/aromatic N) is 2. The molecule has 4 rings (SSSR count). The van der Waals surface area contributed by atoms with Crippen LogP contribution in [0.2, 0.25) is 0 Å². The molecule has 118 valence electrons. The Balaban J connectivity index is 1.55. The summed E-state index contributed by atoms with van der Waals surface area (Å²) in [7, 11) is 0. The first kappa shape index (κ1) is 14.0. The van der Waals surface area contributed by atoms with Crippen LogP contribution in [0.1, 0.15) is 10.4 Å². The molecule has 0 aliphatic carbocycles. The first-order valence-electron chi connectivity index (χ1n) is 7.32. The van der Waals surface area contributed by atoms with Crippen molar-refractivity contribution in [2.24, 2.45) is 0 Å². The molecule has 0 atom stereocenters. The van der Waals surface area contributed by atoms with E-state index in [1.54, 1.807) is 41.2 Å². The number of imidazole rings is 1. The summed E-state index contributed by atoms with van der Waals surface area (Å²) in [6.45, 7) is 0. The first-order valence-corrected chi connectivity index (χ1v) is 7.32. The number of aromatic amines is 2.